The van der Waals surface area contributed by atoms with E-state index in [1.807, 2.05) is 24.3 Å². The predicted octanol–water partition coefficient (Wildman–Crippen LogP) is 1.91. The highest BCUT2D eigenvalue weighted by atomic mass is 16.5. The molecule has 1 N–H and O–H groups in total. The summed E-state index contributed by atoms with van der Waals surface area (Å²) >= 11 is 0. The van der Waals surface area contributed by atoms with Gasteiger partial charge in [-0.05, 0) is 12.0 Å². The number of carboxylic acids is 1. The summed E-state index contributed by atoms with van der Waals surface area (Å²) in [5.74, 6) is -1.26. The molecule has 0 aliphatic carbocycles. The van der Waals surface area contributed by atoms with Crippen LogP contribution in [0.25, 0.3) is 11.3 Å². The zero-order chi connectivity index (χ0) is 15.4. The predicted molar refractivity (Wildman–Crippen MR) is 79.9 cm³/mol. The lowest BCUT2D eigenvalue weighted by Crippen LogP contribution is -2.37. The molecule has 0 saturated carbocycles. The Morgan fingerprint density at radius 1 is 1.23 bits per heavy atom. The maximum Gasteiger partial charge on any atom is 0.374 e. The molecule has 1 saturated heterocycles. The van der Waals surface area contributed by atoms with Gasteiger partial charge in [0.2, 0.25) is 5.76 Å². The molecule has 0 atom stereocenters. The molecule has 1 aliphatic rings. The number of aromatic nitrogens is 1. The highest BCUT2D eigenvalue weighted by Gasteiger charge is 2.13. The van der Waals surface area contributed by atoms with Crippen LogP contribution in [0.1, 0.15) is 16.1 Å². The van der Waals surface area contributed by atoms with Crippen molar-refractivity contribution in [1.82, 2.24) is 10.1 Å². The molecular weight excluding hydrogens is 284 g/mol. The third kappa shape index (κ3) is 3.52. The SMILES string of the molecule is O=C(O)c1cc(-c2ccc(CCN3CCOCC3)cc2)no1. The first-order chi connectivity index (χ1) is 10.7. The molecule has 1 aliphatic heterocycles. The van der Waals surface area contributed by atoms with Gasteiger partial charge in [0.05, 0.1) is 13.2 Å². The van der Waals surface area contributed by atoms with Gasteiger partial charge in [0.1, 0.15) is 5.69 Å². The van der Waals surface area contributed by atoms with E-state index in [4.69, 9.17) is 14.4 Å². The summed E-state index contributed by atoms with van der Waals surface area (Å²) in [5.41, 5.74) is 2.64. The summed E-state index contributed by atoms with van der Waals surface area (Å²) in [6.07, 6.45) is 0.986. The minimum atomic E-state index is -1.11. The quantitative estimate of drug-likeness (QED) is 0.909. The molecule has 0 bridgehead atoms. The van der Waals surface area contributed by atoms with Crippen molar-refractivity contribution in [3.05, 3.63) is 41.7 Å². The van der Waals surface area contributed by atoms with Gasteiger partial charge in [-0.2, -0.15) is 0 Å². The summed E-state index contributed by atoms with van der Waals surface area (Å²) in [7, 11) is 0. The normalized spacial score (nSPS) is 15.8. The third-order valence-corrected chi connectivity index (χ3v) is 3.79. The van der Waals surface area contributed by atoms with E-state index in [2.05, 4.69) is 10.1 Å². The van der Waals surface area contributed by atoms with Crippen molar-refractivity contribution in [3.8, 4) is 11.3 Å². The molecule has 0 spiro atoms. The highest BCUT2D eigenvalue weighted by molar-refractivity contribution is 5.85. The van der Waals surface area contributed by atoms with Crippen LogP contribution >= 0.6 is 0 Å². The third-order valence-electron chi connectivity index (χ3n) is 3.79. The first-order valence-corrected chi connectivity index (χ1v) is 7.32. The van der Waals surface area contributed by atoms with Crippen LogP contribution in [0, 0.1) is 0 Å². The average Bonchev–Trinajstić information content (AvgIpc) is 3.05. The average molecular weight is 302 g/mol. The molecule has 1 aromatic heterocycles. The Morgan fingerprint density at radius 3 is 2.59 bits per heavy atom. The molecule has 2 heterocycles. The second kappa shape index (κ2) is 6.72. The first kappa shape index (κ1) is 14.7. The lowest BCUT2D eigenvalue weighted by molar-refractivity contribution is 0.0384. The van der Waals surface area contributed by atoms with Crippen LogP contribution in [-0.4, -0.2) is 54.0 Å². The van der Waals surface area contributed by atoms with Gasteiger partial charge in [-0.1, -0.05) is 29.4 Å². The number of nitrogens with zero attached hydrogens (tertiary/aromatic N) is 2. The number of hydrogen-bond acceptors (Lipinski definition) is 5. The molecule has 0 amide bonds. The van der Waals surface area contributed by atoms with Crippen molar-refractivity contribution in [3.63, 3.8) is 0 Å². The van der Waals surface area contributed by atoms with Crippen molar-refractivity contribution in [2.24, 2.45) is 0 Å². The fourth-order valence-corrected chi connectivity index (χ4v) is 2.47. The van der Waals surface area contributed by atoms with Gasteiger partial charge in [0, 0.05) is 31.3 Å². The van der Waals surface area contributed by atoms with E-state index >= 15 is 0 Å². The van der Waals surface area contributed by atoms with Gasteiger partial charge in [-0.3, -0.25) is 4.90 Å². The Morgan fingerprint density at radius 2 is 1.95 bits per heavy atom. The van der Waals surface area contributed by atoms with Crippen LogP contribution in [0.5, 0.6) is 0 Å². The second-order valence-electron chi connectivity index (χ2n) is 5.28. The maximum absolute atomic E-state index is 10.8. The van der Waals surface area contributed by atoms with Crippen molar-refractivity contribution in [2.45, 2.75) is 6.42 Å². The Hall–Kier alpha value is -2.18. The van der Waals surface area contributed by atoms with Gasteiger partial charge in [-0.15, -0.1) is 0 Å². The minimum Gasteiger partial charge on any atom is -0.475 e. The Kier molecular flexibility index (Phi) is 4.50. The van der Waals surface area contributed by atoms with Crippen molar-refractivity contribution >= 4 is 5.97 Å². The molecule has 1 aromatic carbocycles. The number of ether oxygens (including phenoxy) is 1. The van der Waals surface area contributed by atoms with Crippen molar-refractivity contribution in [1.29, 1.82) is 0 Å². The zero-order valence-electron chi connectivity index (χ0n) is 12.2. The number of carbonyl (C=O) groups is 1. The number of aromatic carboxylic acids is 1. The maximum atomic E-state index is 10.8. The number of rotatable bonds is 5. The van der Waals surface area contributed by atoms with Gasteiger partial charge >= 0.3 is 5.97 Å². The van der Waals surface area contributed by atoms with Crippen LogP contribution < -0.4 is 0 Å². The Balaban J connectivity index is 1.60. The van der Waals surface area contributed by atoms with Gasteiger partial charge in [0.15, 0.2) is 0 Å². The molecule has 6 heteroatoms. The largest absolute Gasteiger partial charge is 0.475 e. The first-order valence-electron chi connectivity index (χ1n) is 7.32. The van der Waals surface area contributed by atoms with Crippen LogP contribution in [0.3, 0.4) is 0 Å². The molecular formula is C16H18N2O4. The van der Waals surface area contributed by atoms with Gasteiger partial charge in [0.25, 0.3) is 0 Å². The number of hydrogen-bond donors (Lipinski definition) is 1. The smallest absolute Gasteiger partial charge is 0.374 e. The monoisotopic (exact) mass is 302 g/mol. The van der Waals surface area contributed by atoms with Crippen LogP contribution in [0.2, 0.25) is 0 Å². The van der Waals surface area contributed by atoms with Crippen molar-refractivity contribution < 1.29 is 19.2 Å². The molecule has 2 aromatic rings. The van der Waals surface area contributed by atoms with Crippen molar-refractivity contribution in [2.75, 3.05) is 32.8 Å². The Bertz CT molecular complexity index is 630. The standard InChI is InChI=1S/C16H18N2O4/c19-16(20)15-11-14(17-22-15)13-3-1-12(2-4-13)5-6-18-7-9-21-10-8-18/h1-4,11H,5-10H2,(H,19,20). The Labute approximate surface area is 128 Å². The molecule has 6 nitrogen and oxygen atoms in total. The lowest BCUT2D eigenvalue weighted by atomic mass is 10.1. The fourth-order valence-electron chi connectivity index (χ4n) is 2.47. The molecule has 22 heavy (non-hydrogen) atoms. The summed E-state index contributed by atoms with van der Waals surface area (Å²) in [5, 5.41) is 12.6. The summed E-state index contributed by atoms with van der Waals surface area (Å²) in [6, 6.07) is 9.41. The highest BCUT2D eigenvalue weighted by Crippen LogP contribution is 2.20. The van der Waals surface area contributed by atoms with Gasteiger partial charge in [-0.25, -0.2) is 4.79 Å². The van der Waals surface area contributed by atoms with E-state index in [-0.39, 0.29) is 5.76 Å². The molecule has 116 valence electrons. The fraction of sp³-hybridized carbons (Fsp3) is 0.375. The van der Waals surface area contributed by atoms with E-state index in [0.717, 1.165) is 44.8 Å². The number of carboxylic acid groups (broad SMARTS) is 1. The molecule has 1 fully saturated rings. The van der Waals surface area contributed by atoms with E-state index in [1.165, 1.54) is 11.6 Å². The topological polar surface area (TPSA) is 75.8 Å². The van der Waals surface area contributed by atoms with Crippen LogP contribution in [0.15, 0.2) is 34.9 Å². The second-order valence-corrected chi connectivity index (χ2v) is 5.28. The summed E-state index contributed by atoms with van der Waals surface area (Å²) in [6.45, 7) is 4.65. The lowest BCUT2D eigenvalue weighted by Gasteiger charge is -2.26. The van der Waals surface area contributed by atoms with E-state index in [0.29, 0.717) is 5.69 Å². The number of benzene rings is 1. The molecule has 0 unspecified atom stereocenters. The zero-order valence-corrected chi connectivity index (χ0v) is 12.2. The van der Waals surface area contributed by atoms with Crippen LogP contribution in [0.4, 0.5) is 0 Å². The minimum absolute atomic E-state index is 0.147. The van der Waals surface area contributed by atoms with E-state index < -0.39 is 5.97 Å². The van der Waals surface area contributed by atoms with E-state index in [1.54, 1.807) is 0 Å². The van der Waals surface area contributed by atoms with Crippen LogP contribution in [-0.2, 0) is 11.2 Å². The number of morpholine rings is 1. The molecule has 3 rings (SSSR count). The van der Waals surface area contributed by atoms with E-state index in [9.17, 15) is 4.79 Å². The van der Waals surface area contributed by atoms with Gasteiger partial charge < -0.3 is 14.4 Å². The summed E-state index contributed by atoms with van der Waals surface area (Å²) < 4.78 is 10.1. The summed E-state index contributed by atoms with van der Waals surface area (Å²) in [4.78, 5) is 13.2. The molecule has 0 radical (unpaired) electrons.